The van der Waals surface area contributed by atoms with E-state index in [0.29, 0.717) is 6.04 Å². The van der Waals surface area contributed by atoms with Gasteiger partial charge in [-0.15, -0.1) is 0 Å². The van der Waals surface area contributed by atoms with E-state index in [1.807, 2.05) is 25.1 Å². The lowest BCUT2D eigenvalue weighted by atomic mass is 10.1. The number of anilines is 2. The van der Waals surface area contributed by atoms with E-state index in [1.165, 1.54) is 19.4 Å². The molecule has 2 heterocycles. The Balaban J connectivity index is 1.69. The molecule has 4 N–H and O–H groups in total. The maximum atomic E-state index is 5.99. The zero-order valence-electron chi connectivity index (χ0n) is 11.6. The van der Waals surface area contributed by atoms with Gasteiger partial charge in [0.05, 0.1) is 5.69 Å². The van der Waals surface area contributed by atoms with Gasteiger partial charge < -0.3 is 20.7 Å². The molecule has 2 aliphatic heterocycles. The molecule has 0 aliphatic carbocycles. The van der Waals surface area contributed by atoms with Crippen LogP contribution in [0.1, 0.15) is 19.8 Å². The average molecular weight is 262 g/mol. The van der Waals surface area contributed by atoms with Crippen molar-refractivity contribution in [1.29, 1.82) is 0 Å². The lowest BCUT2D eigenvalue weighted by Gasteiger charge is -2.36. The van der Waals surface area contributed by atoms with Crippen LogP contribution in [-0.2, 0) is 0 Å². The van der Waals surface area contributed by atoms with Crippen LogP contribution in [0.25, 0.3) is 0 Å². The minimum atomic E-state index is -0.543. The number of hydrogen-bond acceptors (Lipinski definition) is 5. The molecular weight excluding hydrogens is 240 g/mol. The number of fused-ring (bicyclic) bond motifs is 1. The minimum Gasteiger partial charge on any atom is -0.453 e. The molecule has 5 nitrogen and oxygen atoms in total. The average Bonchev–Trinajstić information content (AvgIpc) is 2.64. The first-order chi connectivity index (χ1) is 9.04. The first-order valence-electron chi connectivity index (χ1n) is 6.87. The predicted molar refractivity (Wildman–Crippen MR) is 77.2 cm³/mol. The Morgan fingerprint density at radius 2 is 2.37 bits per heavy atom. The van der Waals surface area contributed by atoms with Gasteiger partial charge in [0.15, 0.2) is 0 Å². The summed E-state index contributed by atoms with van der Waals surface area (Å²) in [6.45, 7) is 4.26. The van der Waals surface area contributed by atoms with Crippen LogP contribution in [0.15, 0.2) is 18.2 Å². The molecule has 2 aliphatic rings. The molecule has 1 aromatic rings. The molecule has 5 heteroatoms. The first kappa shape index (κ1) is 12.6. The Bertz CT molecular complexity index is 479. The molecule has 1 fully saturated rings. The fourth-order valence-electron chi connectivity index (χ4n) is 2.98. The molecule has 0 amide bonds. The summed E-state index contributed by atoms with van der Waals surface area (Å²) in [6, 6.07) is 6.14. The summed E-state index contributed by atoms with van der Waals surface area (Å²) in [5.41, 5.74) is 7.50. The number of ether oxygens (including phenoxy) is 1. The van der Waals surface area contributed by atoms with Crippen molar-refractivity contribution in [1.82, 2.24) is 10.2 Å². The van der Waals surface area contributed by atoms with Crippen LogP contribution in [-0.4, -0.2) is 36.9 Å². The molecule has 0 radical (unpaired) electrons. The Morgan fingerprint density at radius 1 is 1.53 bits per heavy atom. The quantitative estimate of drug-likeness (QED) is 0.704. The number of piperidine rings is 1. The summed E-state index contributed by atoms with van der Waals surface area (Å²) in [5, 5.41) is 6.96. The highest BCUT2D eigenvalue weighted by Gasteiger charge is 2.36. The van der Waals surface area contributed by atoms with E-state index in [2.05, 4.69) is 22.6 Å². The monoisotopic (exact) mass is 262 g/mol. The van der Waals surface area contributed by atoms with Gasteiger partial charge in [0.25, 0.3) is 0 Å². The van der Waals surface area contributed by atoms with Gasteiger partial charge in [-0.05, 0) is 44.6 Å². The van der Waals surface area contributed by atoms with Gasteiger partial charge >= 0.3 is 0 Å². The van der Waals surface area contributed by atoms with Crippen LogP contribution in [0.2, 0.25) is 0 Å². The Kier molecular flexibility index (Phi) is 3.03. The summed E-state index contributed by atoms with van der Waals surface area (Å²) < 4.78 is 5.99. The van der Waals surface area contributed by atoms with Gasteiger partial charge in [0, 0.05) is 25.2 Å². The SMILES string of the molecule is CN1CCCC(NC2(C)Nc3cc(N)ccc3O2)C1. The number of hydrogen-bond donors (Lipinski definition) is 3. The zero-order valence-corrected chi connectivity index (χ0v) is 11.6. The number of likely N-dealkylation sites (tertiary alicyclic amines) is 1. The van der Waals surface area contributed by atoms with Crippen molar-refractivity contribution in [3.63, 3.8) is 0 Å². The Labute approximate surface area is 114 Å². The predicted octanol–water partition coefficient (Wildman–Crippen LogP) is 1.43. The standard InChI is InChI=1S/C14H22N4O/c1-14(16-11-4-3-7-18(2)9-11)17-12-8-10(15)5-6-13(12)19-14/h5-6,8,11,16-17H,3-4,7,9,15H2,1-2H3. The van der Waals surface area contributed by atoms with E-state index in [0.717, 1.165) is 23.7 Å². The summed E-state index contributed by atoms with van der Waals surface area (Å²) in [6.07, 6.45) is 2.41. The molecule has 104 valence electrons. The molecule has 2 atom stereocenters. The normalized spacial score (nSPS) is 30.5. The van der Waals surface area contributed by atoms with Gasteiger partial charge in [-0.25, -0.2) is 0 Å². The van der Waals surface area contributed by atoms with E-state index < -0.39 is 5.85 Å². The van der Waals surface area contributed by atoms with Crippen LogP contribution in [0.4, 0.5) is 11.4 Å². The summed E-state index contributed by atoms with van der Waals surface area (Å²) in [5.74, 6) is 0.312. The molecule has 3 rings (SSSR count). The Morgan fingerprint density at radius 3 is 3.16 bits per heavy atom. The molecular formula is C14H22N4O. The lowest BCUT2D eigenvalue weighted by Crippen LogP contribution is -2.58. The molecule has 0 spiro atoms. The highest BCUT2D eigenvalue weighted by atomic mass is 16.5. The largest absolute Gasteiger partial charge is 0.453 e. The number of nitrogens with zero attached hydrogens (tertiary/aromatic N) is 1. The molecule has 1 aromatic carbocycles. The summed E-state index contributed by atoms with van der Waals surface area (Å²) in [7, 11) is 2.16. The number of nitrogens with two attached hydrogens (primary N) is 1. The fourth-order valence-corrected chi connectivity index (χ4v) is 2.98. The number of nitrogens with one attached hydrogen (secondary N) is 2. The van der Waals surface area contributed by atoms with Crippen molar-refractivity contribution in [3.05, 3.63) is 18.2 Å². The van der Waals surface area contributed by atoms with E-state index in [-0.39, 0.29) is 0 Å². The highest BCUT2D eigenvalue weighted by molar-refractivity contribution is 5.66. The molecule has 0 saturated carbocycles. The number of likely N-dealkylation sites (N-methyl/N-ethyl adjacent to an activating group) is 1. The second-order valence-corrected chi connectivity index (χ2v) is 5.76. The van der Waals surface area contributed by atoms with Gasteiger partial charge in [0.1, 0.15) is 5.75 Å². The molecule has 0 bridgehead atoms. The minimum absolute atomic E-state index is 0.447. The fraction of sp³-hybridized carbons (Fsp3) is 0.571. The van der Waals surface area contributed by atoms with Gasteiger partial charge in [-0.3, -0.25) is 5.32 Å². The van der Waals surface area contributed by atoms with E-state index in [1.54, 1.807) is 0 Å². The summed E-state index contributed by atoms with van der Waals surface area (Å²) >= 11 is 0. The van der Waals surface area contributed by atoms with Gasteiger partial charge in [0.2, 0.25) is 5.85 Å². The maximum Gasteiger partial charge on any atom is 0.236 e. The van der Waals surface area contributed by atoms with Gasteiger partial charge in [-0.2, -0.15) is 0 Å². The second-order valence-electron chi connectivity index (χ2n) is 5.76. The summed E-state index contributed by atoms with van der Waals surface area (Å²) in [4.78, 5) is 2.35. The van der Waals surface area contributed by atoms with E-state index >= 15 is 0 Å². The van der Waals surface area contributed by atoms with Crippen molar-refractivity contribution in [2.45, 2.75) is 31.7 Å². The van der Waals surface area contributed by atoms with E-state index in [4.69, 9.17) is 10.5 Å². The topological polar surface area (TPSA) is 62.5 Å². The van der Waals surface area contributed by atoms with Crippen molar-refractivity contribution in [3.8, 4) is 5.75 Å². The van der Waals surface area contributed by atoms with Crippen LogP contribution in [0.5, 0.6) is 5.75 Å². The first-order valence-corrected chi connectivity index (χ1v) is 6.87. The third-order valence-electron chi connectivity index (χ3n) is 3.79. The van der Waals surface area contributed by atoms with E-state index in [9.17, 15) is 0 Å². The highest BCUT2D eigenvalue weighted by Crippen LogP contribution is 2.37. The smallest absolute Gasteiger partial charge is 0.236 e. The van der Waals surface area contributed by atoms with Crippen molar-refractivity contribution < 1.29 is 4.74 Å². The molecule has 19 heavy (non-hydrogen) atoms. The van der Waals surface area contributed by atoms with Crippen LogP contribution >= 0.6 is 0 Å². The lowest BCUT2D eigenvalue weighted by molar-refractivity contribution is 0.0672. The molecule has 2 unspecified atom stereocenters. The van der Waals surface area contributed by atoms with Crippen LogP contribution < -0.4 is 21.1 Å². The van der Waals surface area contributed by atoms with Gasteiger partial charge in [-0.1, -0.05) is 0 Å². The third kappa shape index (κ3) is 2.62. The molecule has 1 saturated heterocycles. The third-order valence-corrected chi connectivity index (χ3v) is 3.79. The number of rotatable bonds is 2. The van der Waals surface area contributed by atoms with Crippen molar-refractivity contribution in [2.75, 3.05) is 31.2 Å². The Hall–Kier alpha value is -1.46. The van der Waals surface area contributed by atoms with Crippen LogP contribution in [0, 0.1) is 0 Å². The number of nitrogen functional groups attached to an aromatic ring is 1. The van der Waals surface area contributed by atoms with Crippen molar-refractivity contribution >= 4 is 11.4 Å². The second kappa shape index (κ2) is 4.58. The van der Waals surface area contributed by atoms with Crippen LogP contribution in [0.3, 0.4) is 0 Å². The number of benzene rings is 1. The van der Waals surface area contributed by atoms with Crippen molar-refractivity contribution in [2.24, 2.45) is 0 Å². The molecule has 0 aromatic heterocycles. The zero-order chi connectivity index (χ0) is 13.5. The maximum absolute atomic E-state index is 5.99.